The van der Waals surface area contributed by atoms with Crippen molar-refractivity contribution in [2.75, 3.05) is 17.4 Å². The molecule has 0 fully saturated rings. The minimum atomic E-state index is -4.99. The topological polar surface area (TPSA) is 111 Å². The number of nitro groups is 1. The third kappa shape index (κ3) is 15.0. The van der Waals surface area contributed by atoms with Crippen LogP contribution in [-0.4, -0.2) is 36.5 Å². The van der Waals surface area contributed by atoms with Gasteiger partial charge in [0.25, 0.3) is 0 Å². The summed E-state index contributed by atoms with van der Waals surface area (Å²) in [7, 11) is 0.889. The summed E-state index contributed by atoms with van der Waals surface area (Å²) < 4.78 is 100. The van der Waals surface area contributed by atoms with E-state index >= 15 is 0 Å². The summed E-state index contributed by atoms with van der Waals surface area (Å²) in [5.74, 6) is -3.86. The number of hydrogen-bond acceptors (Lipinski definition) is 6. The van der Waals surface area contributed by atoms with Crippen LogP contribution in [0.4, 0.5) is 46.5 Å². The Kier molecular flexibility index (Phi) is 12.2. The third-order valence-corrected chi connectivity index (χ3v) is 3.02. The van der Waals surface area contributed by atoms with Crippen molar-refractivity contribution in [2.45, 2.75) is 26.6 Å². The molecule has 0 heterocycles. The molecular weight excluding hydrogens is 518 g/mol. The predicted octanol–water partition coefficient (Wildman–Crippen LogP) is 5.21. The summed E-state index contributed by atoms with van der Waals surface area (Å²) in [5, 5.41) is 10.9. The number of carbonyl (C=O) groups is 2. The van der Waals surface area contributed by atoms with E-state index in [1.54, 1.807) is 0 Å². The van der Waals surface area contributed by atoms with Crippen molar-refractivity contribution < 1.29 is 59.2 Å². The highest BCUT2D eigenvalue weighted by Gasteiger charge is 2.35. The average molecular weight is 535 g/mol. The van der Waals surface area contributed by atoms with Gasteiger partial charge in [0.1, 0.15) is 11.6 Å². The molecule has 2 amide bonds. The standard InChI is InChI=1S/2C9H7F4NO2.CH3NO2/c1-6(15)14(16-9(11,12)13)8-4-2-7(10)3-5-8;1-5(15)14-7-3-2-6(10)4-8(7)16-9(11,12)13;1-2(3)4/h2-5H,1H3;2-4H,1H3,(H,14,15);1H3. The molecule has 36 heavy (non-hydrogen) atoms. The van der Waals surface area contributed by atoms with Gasteiger partial charge in [-0.15, -0.1) is 26.3 Å². The van der Waals surface area contributed by atoms with Gasteiger partial charge in [-0.25, -0.2) is 8.78 Å². The largest absolute Gasteiger partial charge is 0.573 e. The molecule has 2 aromatic rings. The van der Waals surface area contributed by atoms with E-state index in [2.05, 4.69) is 14.9 Å². The first-order chi connectivity index (χ1) is 16.3. The quantitative estimate of drug-likeness (QED) is 0.327. The van der Waals surface area contributed by atoms with Gasteiger partial charge >= 0.3 is 12.7 Å². The first-order valence-electron chi connectivity index (χ1n) is 9.03. The number of hydrogen-bond donors (Lipinski definition) is 1. The fraction of sp³-hybridized carbons (Fsp3) is 0.263. The van der Waals surface area contributed by atoms with Gasteiger partial charge in [0.05, 0.1) is 11.4 Å². The van der Waals surface area contributed by atoms with Crippen molar-refractivity contribution in [2.24, 2.45) is 0 Å². The van der Waals surface area contributed by atoms with Gasteiger partial charge in [-0.2, -0.15) is 9.90 Å². The van der Waals surface area contributed by atoms with Crippen molar-refractivity contribution in [1.29, 1.82) is 0 Å². The van der Waals surface area contributed by atoms with E-state index in [1.165, 1.54) is 0 Å². The molecule has 200 valence electrons. The Labute approximate surface area is 197 Å². The van der Waals surface area contributed by atoms with E-state index in [1.807, 2.05) is 0 Å². The van der Waals surface area contributed by atoms with E-state index in [0.717, 1.165) is 57.3 Å². The number of nitrogens with one attached hydrogen (secondary N) is 1. The Morgan fingerprint density at radius 3 is 1.78 bits per heavy atom. The Hall–Kier alpha value is -4.02. The average Bonchev–Trinajstić information content (AvgIpc) is 2.67. The molecule has 17 heteroatoms. The molecular formula is C19H17F8N3O6. The van der Waals surface area contributed by atoms with Crippen molar-refractivity contribution in [3.8, 4) is 5.75 Å². The summed E-state index contributed by atoms with van der Waals surface area (Å²) >= 11 is 0. The number of anilines is 2. The van der Waals surface area contributed by atoms with Crippen molar-refractivity contribution in [1.82, 2.24) is 0 Å². The minimum absolute atomic E-state index is 0.0411. The van der Waals surface area contributed by atoms with Crippen LogP contribution in [0.3, 0.4) is 0 Å². The molecule has 0 radical (unpaired) electrons. The second-order valence-corrected chi connectivity index (χ2v) is 6.14. The summed E-state index contributed by atoms with van der Waals surface area (Å²) in [6.07, 6.45) is -9.93. The molecule has 1 N–H and O–H groups in total. The van der Waals surface area contributed by atoms with Crippen LogP contribution in [0.5, 0.6) is 5.75 Å². The second kappa shape index (κ2) is 13.8. The first kappa shape index (κ1) is 32.0. The van der Waals surface area contributed by atoms with Crippen LogP contribution in [-0.2, 0) is 14.4 Å². The predicted molar refractivity (Wildman–Crippen MR) is 107 cm³/mol. The lowest BCUT2D eigenvalue weighted by molar-refractivity contribution is -0.445. The summed E-state index contributed by atoms with van der Waals surface area (Å²) in [5.41, 5.74) is -0.447. The molecule has 2 aromatic carbocycles. The highest BCUT2D eigenvalue weighted by Crippen LogP contribution is 2.31. The van der Waals surface area contributed by atoms with Crippen LogP contribution >= 0.6 is 0 Å². The Balaban J connectivity index is 0.000000593. The van der Waals surface area contributed by atoms with Crippen LogP contribution in [0, 0.1) is 21.7 Å². The molecule has 0 bridgehead atoms. The van der Waals surface area contributed by atoms with Gasteiger partial charge < -0.3 is 10.1 Å². The second-order valence-electron chi connectivity index (χ2n) is 6.14. The number of amides is 2. The van der Waals surface area contributed by atoms with Crippen LogP contribution in [0.15, 0.2) is 42.5 Å². The van der Waals surface area contributed by atoms with Gasteiger partial charge in [-0.05, 0) is 36.4 Å². The molecule has 0 aliphatic rings. The summed E-state index contributed by atoms with van der Waals surface area (Å²) in [6, 6.07) is 6.28. The number of hydroxylamine groups is 1. The summed E-state index contributed by atoms with van der Waals surface area (Å²) in [6.45, 7) is 2.01. The van der Waals surface area contributed by atoms with Crippen LogP contribution in [0.1, 0.15) is 13.8 Å². The molecule has 0 spiro atoms. The zero-order chi connectivity index (χ0) is 28.3. The number of carbonyl (C=O) groups excluding carboxylic acids is 2. The van der Waals surface area contributed by atoms with Crippen molar-refractivity contribution in [3.63, 3.8) is 0 Å². The highest BCUT2D eigenvalue weighted by atomic mass is 19.4. The number of benzene rings is 2. The molecule has 0 saturated carbocycles. The number of rotatable bonds is 4. The maximum absolute atomic E-state index is 12.7. The molecule has 0 atom stereocenters. The monoisotopic (exact) mass is 535 g/mol. The normalized spacial score (nSPS) is 10.6. The van der Waals surface area contributed by atoms with Gasteiger partial charge in [0.15, 0.2) is 12.8 Å². The number of ether oxygens (including phenoxy) is 1. The number of nitrogens with zero attached hydrogens (tertiary/aromatic N) is 2. The van der Waals surface area contributed by atoms with E-state index in [9.17, 15) is 44.7 Å². The molecule has 0 aromatic heterocycles. The Bertz CT molecular complexity index is 1030. The lowest BCUT2D eigenvalue weighted by atomic mass is 10.3. The maximum atomic E-state index is 12.7. The molecule has 2 rings (SSSR count). The van der Waals surface area contributed by atoms with E-state index < -0.39 is 46.8 Å². The molecule has 0 aliphatic carbocycles. The van der Waals surface area contributed by atoms with Crippen molar-refractivity contribution >= 4 is 23.2 Å². The fourth-order valence-electron chi connectivity index (χ4n) is 1.98. The fourth-order valence-corrected chi connectivity index (χ4v) is 1.98. The third-order valence-electron chi connectivity index (χ3n) is 3.02. The van der Waals surface area contributed by atoms with E-state index in [-0.39, 0.29) is 16.4 Å². The molecule has 0 saturated heterocycles. The zero-order valence-corrected chi connectivity index (χ0v) is 18.4. The zero-order valence-electron chi connectivity index (χ0n) is 18.4. The molecule has 0 unspecified atom stereocenters. The first-order valence-corrected chi connectivity index (χ1v) is 9.03. The lowest BCUT2D eigenvalue weighted by Gasteiger charge is -2.20. The van der Waals surface area contributed by atoms with Crippen LogP contribution in [0.25, 0.3) is 0 Å². The number of halogens is 8. The van der Waals surface area contributed by atoms with E-state index in [4.69, 9.17) is 10.1 Å². The van der Waals surface area contributed by atoms with Gasteiger partial charge in [0.2, 0.25) is 11.8 Å². The number of alkyl halides is 6. The molecule has 0 aliphatic heterocycles. The maximum Gasteiger partial charge on any atom is 0.573 e. The van der Waals surface area contributed by atoms with Gasteiger partial charge in [-0.1, -0.05) is 0 Å². The van der Waals surface area contributed by atoms with E-state index in [0.29, 0.717) is 6.07 Å². The molecule has 9 nitrogen and oxygen atoms in total. The van der Waals surface area contributed by atoms with Crippen molar-refractivity contribution in [3.05, 3.63) is 64.2 Å². The van der Waals surface area contributed by atoms with Crippen LogP contribution < -0.4 is 15.1 Å². The van der Waals surface area contributed by atoms with Gasteiger partial charge in [-0.3, -0.25) is 19.7 Å². The minimum Gasteiger partial charge on any atom is -0.403 e. The van der Waals surface area contributed by atoms with Gasteiger partial charge in [0, 0.05) is 24.8 Å². The Morgan fingerprint density at radius 1 is 0.917 bits per heavy atom. The highest BCUT2D eigenvalue weighted by molar-refractivity contribution is 5.90. The smallest absolute Gasteiger partial charge is 0.403 e. The summed E-state index contributed by atoms with van der Waals surface area (Å²) in [4.78, 5) is 33.4. The van der Waals surface area contributed by atoms with Crippen LogP contribution in [0.2, 0.25) is 0 Å². The lowest BCUT2D eigenvalue weighted by Crippen LogP contribution is -2.35. The SMILES string of the molecule is CC(=O)N(OC(F)(F)F)c1ccc(F)cc1.CC(=O)Nc1ccc(F)cc1OC(F)(F)F.C[N+](=O)[O-]. The Morgan fingerprint density at radius 2 is 1.39 bits per heavy atom.